The Bertz CT molecular complexity index is 463. The molecular weight excluding hydrogens is 294 g/mol. The number of aromatic nitrogens is 2. The van der Waals surface area contributed by atoms with Crippen molar-refractivity contribution in [3.05, 3.63) is 12.3 Å². The van der Waals surface area contributed by atoms with Gasteiger partial charge in [0.15, 0.2) is 5.82 Å². The minimum atomic E-state index is -0.559. The largest absolute Gasteiger partial charge is 0.370 e. The van der Waals surface area contributed by atoms with E-state index in [1.54, 1.807) is 16.9 Å². The molecule has 0 bridgehead atoms. The third-order valence-electron chi connectivity index (χ3n) is 3.70. The third-order valence-corrected chi connectivity index (χ3v) is 3.70. The van der Waals surface area contributed by atoms with Gasteiger partial charge in [0.25, 0.3) is 0 Å². The van der Waals surface area contributed by atoms with Gasteiger partial charge in [-0.25, -0.2) is 0 Å². The highest BCUT2D eigenvalue weighted by molar-refractivity contribution is 5.94. The molecule has 0 aliphatic heterocycles. The van der Waals surface area contributed by atoms with Crippen LogP contribution in [0.5, 0.6) is 0 Å². The zero-order valence-electron chi connectivity index (χ0n) is 12.5. The lowest BCUT2D eigenvalue weighted by Gasteiger charge is -2.27. The van der Waals surface area contributed by atoms with E-state index >= 15 is 0 Å². The van der Waals surface area contributed by atoms with E-state index < -0.39 is 5.41 Å². The summed E-state index contributed by atoms with van der Waals surface area (Å²) in [5, 5.41) is 6.95. The SMILES string of the molecule is CCC(CC)(CN)C(=O)Nc1ccn(CCC(N)=O)n1.Cl. The standard InChI is InChI=1S/C13H23N5O2.ClH/c1-3-13(4-2,9-14)12(20)16-11-6-8-18(17-11)7-5-10(15)19;/h6,8H,3-5,7,9,14H2,1-2H3,(H2,15,19)(H,16,17,20);1H. The van der Waals surface area contributed by atoms with Gasteiger partial charge in [0.2, 0.25) is 11.8 Å². The molecule has 8 heteroatoms. The summed E-state index contributed by atoms with van der Waals surface area (Å²) in [6, 6.07) is 1.69. The lowest BCUT2D eigenvalue weighted by Crippen LogP contribution is -2.41. The number of amides is 2. The molecule has 0 atom stereocenters. The summed E-state index contributed by atoms with van der Waals surface area (Å²) in [7, 11) is 0. The minimum Gasteiger partial charge on any atom is -0.370 e. The van der Waals surface area contributed by atoms with E-state index in [-0.39, 0.29) is 30.6 Å². The number of nitrogens with one attached hydrogen (secondary N) is 1. The number of carbonyl (C=O) groups is 2. The molecule has 7 nitrogen and oxygen atoms in total. The molecule has 1 aromatic rings. The number of carbonyl (C=O) groups excluding carboxylic acids is 2. The summed E-state index contributed by atoms with van der Waals surface area (Å²) < 4.78 is 1.57. The number of hydrogen-bond donors (Lipinski definition) is 3. The lowest BCUT2D eigenvalue weighted by molar-refractivity contribution is -0.125. The Kier molecular flexibility index (Phi) is 7.98. The summed E-state index contributed by atoms with van der Waals surface area (Å²) in [5.74, 6) is -0.0467. The zero-order valence-corrected chi connectivity index (χ0v) is 13.3. The van der Waals surface area contributed by atoms with Crippen LogP contribution < -0.4 is 16.8 Å². The highest BCUT2D eigenvalue weighted by Crippen LogP contribution is 2.26. The van der Waals surface area contributed by atoms with Crippen LogP contribution in [0.3, 0.4) is 0 Å². The van der Waals surface area contributed by atoms with E-state index in [0.29, 0.717) is 31.7 Å². The maximum Gasteiger partial charge on any atom is 0.233 e. The van der Waals surface area contributed by atoms with Crippen molar-refractivity contribution in [3.63, 3.8) is 0 Å². The first-order valence-corrected chi connectivity index (χ1v) is 6.80. The smallest absolute Gasteiger partial charge is 0.233 e. The van der Waals surface area contributed by atoms with Crippen LogP contribution in [0.1, 0.15) is 33.1 Å². The number of nitrogens with zero attached hydrogens (tertiary/aromatic N) is 2. The molecule has 0 fully saturated rings. The van der Waals surface area contributed by atoms with Crippen molar-refractivity contribution in [2.24, 2.45) is 16.9 Å². The average molecular weight is 318 g/mol. The van der Waals surface area contributed by atoms with Crippen LogP contribution in [0.2, 0.25) is 0 Å². The molecule has 1 aromatic heterocycles. The highest BCUT2D eigenvalue weighted by atomic mass is 35.5. The van der Waals surface area contributed by atoms with E-state index in [1.165, 1.54) is 0 Å². The van der Waals surface area contributed by atoms with E-state index in [1.807, 2.05) is 13.8 Å². The average Bonchev–Trinajstić information content (AvgIpc) is 2.87. The third kappa shape index (κ3) is 5.02. The van der Waals surface area contributed by atoms with Gasteiger partial charge in [-0.05, 0) is 12.8 Å². The molecule has 120 valence electrons. The molecule has 1 rings (SSSR count). The van der Waals surface area contributed by atoms with Gasteiger partial charge in [0.05, 0.1) is 5.41 Å². The quantitative estimate of drug-likeness (QED) is 0.660. The molecule has 2 amide bonds. The Hall–Kier alpha value is -1.60. The number of anilines is 1. The van der Waals surface area contributed by atoms with Gasteiger partial charge in [-0.1, -0.05) is 13.8 Å². The van der Waals surface area contributed by atoms with Crippen molar-refractivity contribution in [1.29, 1.82) is 0 Å². The van der Waals surface area contributed by atoms with Gasteiger partial charge in [-0.3, -0.25) is 14.3 Å². The van der Waals surface area contributed by atoms with Crippen LogP contribution in [0.15, 0.2) is 12.3 Å². The highest BCUT2D eigenvalue weighted by Gasteiger charge is 2.33. The summed E-state index contributed by atoms with van der Waals surface area (Å²) >= 11 is 0. The number of halogens is 1. The van der Waals surface area contributed by atoms with Gasteiger partial charge in [-0.15, -0.1) is 12.4 Å². The Morgan fingerprint density at radius 3 is 2.48 bits per heavy atom. The molecule has 0 spiro atoms. The van der Waals surface area contributed by atoms with Gasteiger partial charge >= 0.3 is 0 Å². The lowest BCUT2D eigenvalue weighted by atomic mass is 9.81. The maximum atomic E-state index is 12.3. The molecule has 0 saturated heterocycles. The van der Waals surface area contributed by atoms with Crippen molar-refractivity contribution in [2.75, 3.05) is 11.9 Å². The Labute approximate surface area is 130 Å². The molecular formula is C13H24ClN5O2. The van der Waals surface area contributed by atoms with Crippen LogP contribution in [-0.2, 0) is 16.1 Å². The molecule has 1 heterocycles. The second-order valence-electron chi connectivity index (χ2n) is 4.83. The summed E-state index contributed by atoms with van der Waals surface area (Å²) in [5.41, 5.74) is 10.2. The molecule has 0 unspecified atom stereocenters. The van der Waals surface area contributed by atoms with E-state index in [2.05, 4.69) is 10.4 Å². The first-order valence-electron chi connectivity index (χ1n) is 6.80. The molecule has 0 aliphatic rings. The van der Waals surface area contributed by atoms with Crippen molar-refractivity contribution < 1.29 is 9.59 Å². The van der Waals surface area contributed by atoms with Gasteiger partial charge < -0.3 is 16.8 Å². The summed E-state index contributed by atoms with van der Waals surface area (Å²) in [4.78, 5) is 23.0. The van der Waals surface area contributed by atoms with Crippen LogP contribution in [0, 0.1) is 5.41 Å². The molecule has 0 radical (unpaired) electrons. The minimum absolute atomic E-state index is 0. The predicted molar refractivity (Wildman–Crippen MR) is 84.0 cm³/mol. The number of primary amides is 1. The fourth-order valence-electron chi connectivity index (χ4n) is 1.98. The number of aryl methyl sites for hydroxylation is 1. The molecule has 21 heavy (non-hydrogen) atoms. The number of rotatable bonds is 8. The van der Waals surface area contributed by atoms with Crippen molar-refractivity contribution in [1.82, 2.24) is 9.78 Å². The summed E-state index contributed by atoms with van der Waals surface area (Å²) in [6.07, 6.45) is 3.26. The van der Waals surface area contributed by atoms with Crippen LogP contribution in [-0.4, -0.2) is 28.1 Å². The monoisotopic (exact) mass is 317 g/mol. The van der Waals surface area contributed by atoms with Crippen LogP contribution in [0.4, 0.5) is 5.82 Å². The van der Waals surface area contributed by atoms with Crippen LogP contribution in [0.25, 0.3) is 0 Å². The second kappa shape index (κ2) is 8.63. The van der Waals surface area contributed by atoms with Gasteiger partial charge in [0.1, 0.15) is 0 Å². The van der Waals surface area contributed by atoms with Crippen molar-refractivity contribution >= 4 is 30.0 Å². The molecule has 5 N–H and O–H groups in total. The molecule has 0 aromatic carbocycles. The normalized spacial score (nSPS) is 10.8. The van der Waals surface area contributed by atoms with Crippen molar-refractivity contribution in [2.45, 2.75) is 39.7 Å². The first-order chi connectivity index (χ1) is 9.47. The Balaban J connectivity index is 0.00000400. The fourth-order valence-corrected chi connectivity index (χ4v) is 1.98. The Morgan fingerprint density at radius 1 is 1.38 bits per heavy atom. The van der Waals surface area contributed by atoms with Gasteiger partial charge in [-0.2, -0.15) is 5.10 Å². The summed E-state index contributed by atoms with van der Waals surface area (Å²) in [6.45, 7) is 4.59. The van der Waals surface area contributed by atoms with Crippen LogP contribution >= 0.6 is 12.4 Å². The van der Waals surface area contributed by atoms with Crippen molar-refractivity contribution in [3.8, 4) is 0 Å². The van der Waals surface area contributed by atoms with E-state index in [9.17, 15) is 9.59 Å². The van der Waals surface area contributed by atoms with Gasteiger partial charge in [0, 0.05) is 31.8 Å². The number of nitrogens with two attached hydrogens (primary N) is 2. The zero-order chi connectivity index (χ0) is 15.2. The van der Waals surface area contributed by atoms with E-state index in [4.69, 9.17) is 11.5 Å². The molecule has 0 aliphatic carbocycles. The first kappa shape index (κ1) is 19.4. The topological polar surface area (TPSA) is 116 Å². The predicted octanol–water partition coefficient (Wildman–Crippen LogP) is 0.884. The molecule has 0 saturated carbocycles. The number of hydrogen-bond acceptors (Lipinski definition) is 4. The second-order valence-corrected chi connectivity index (χ2v) is 4.83. The fraction of sp³-hybridized carbons (Fsp3) is 0.615. The maximum absolute atomic E-state index is 12.3. The van der Waals surface area contributed by atoms with E-state index in [0.717, 1.165) is 0 Å². The Morgan fingerprint density at radius 2 is 2.00 bits per heavy atom.